The van der Waals surface area contributed by atoms with Crippen molar-refractivity contribution in [2.75, 3.05) is 30.0 Å². The van der Waals surface area contributed by atoms with Crippen molar-refractivity contribution in [2.24, 2.45) is 5.92 Å². The second-order valence-electron chi connectivity index (χ2n) is 9.57. The minimum atomic E-state index is -4.56. The lowest BCUT2D eigenvalue weighted by molar-refractivity contribution is -0.137. The van der Waals surface area contributed by atoms with Gasteiger partial charge in [-0.25, -0.2) is 4.98 Å². The highest BCUT2D eigenvalue weighted by molar-refractivity contribution is 5.93. The van der Waals surface area contributed by atoms with Crippen molar-refractivity contribution >= 4 is 22.4 Å². The number of ether oxygens (including phenoxy) is 1. The molecule has 2 fully saturated rings. The van der Waals surface area contributed by atoms with Crippen molar-refractivity contribution in [2.45, 2.75) is 51.9 Å². The number of phenolic OH excluding ortho intramolecular Hbond substituents is 1. The molecule has 3 atom stereocenters. The highest BCUT2D eigenvalue weighted by Crippen LogP contribution is 2.38. The first-order chi connectivity index (χ1) is 16.6. The monoisotopic (exact) mass is 487 g/mol. The molecular weight excluding hydrogens is 459 g/mol. The van der Waals surface area contributed by atoms with Gasteiger partial charge >= 0.3 is 6.18 Å². The standard InChI is InChI=1S/C25H28F3N5O2/c1-13(17-7-18(25(26,27)28)9-20(34)8-17)30-24-21-10-22(14(2)29-23(21)15(3)31-32-24)33-11-16-4-5-35-12-19(33)6-16/h7-10,13,16,19,34H,4-6,11-12H2,1-3H3,(H,30,32)/t13-,16?,19?/m1/s1. The Balaban J connectivity index is 1.52. The van der Waals surface area contributed by atoms with Crippen molar-refractivity contribution in [3.8, 4) is 5.75 Å². The smallest absolute Gasteiger partial charge is 0.416 e. The molecule has 2 aliphatic heterocycles. The van der Waals surface area contributed by atoms with Crippen LogP contribution in [0.4, 0.5) is 24.7 Å². The van der Waals surface area contributed by atoms with Crippen molar-refractivity contribution in [3.63, 3.8) is 0 Å². The first kappa shape index (κ1) is 23.6. The predicted octanol–water partition coefficient (Wildman–Crippen LogP) is 5.15. The third-order valence-electron chi connectivity index (χ3n) is 7.00. The van der Waals surface area contributed by atoms with E-state index in [2.05, 4.69) is 26.5 Å². The number of aromatic nitrogens is 3. The highest BCUT2D eigenvalue weighted by atomic mass is 19.4. The molecule has 2 bridgehead atoms. The number of aryl methyl sites for hydroxylation is 2. The van der Waals surface area contributed by atoms with Crippen LogP contribution in [0.25, 0.3) is 10.9 Å². The molecular formula is C25H28F3N5O2. The summed E-state index contributed by atoms with van der Waals surface area (Å²) in [6.07, 6.45) is -2.42. The number of rotatable bonds is 4. The molecule has 10 heteroatoms. The molecule has 1 aromatic carbocycles. The Morgan fingerprint density at radius 2 is 1.94 bits per heavy atom. The van der Waals surface area contributed by atoms with Gasteiger partial charge in [-0.05, 0) is 69.4 Å². The number of halogens is 3. The van der Waals surface area contributed by atoms with Crippen LogP contribution in [0.1, 0.15) is 48.3 Å². The largest absolute Gasteiger partial charge is 0.508 e. The maximum Gasteiger partial charge on any atom is 0.416 e. The molecule has 2 N–H and O–H groups in total. The van der Waals surface area contributed by atoms with Gasteiger partial charge in [-0.2, -0.15) is 18.3 Å². The van der Waals surface area contributed by atoms with Crippen LogP contribution in [0.3, 0.4) is 0 Å². The molecule has 0 radical (unpaired) electrons. The number of alkyl halides is 3. The Morgan fingerprint density at radius 3 is 2.71 bits per heavy atom. The molecule has 4 heterocycles. The van der Waals surface area contributed by atoms with E-state index >= 15 is 0 Å². The fourth-order valence-corrected chi connectivity index (χ4v) is 5.16. The van der Waals surface area contributed by atoms with Crippen LogP contribution in [0, 0.1) is 19.8 Å². The molecule has 5 rings (SSSR count). The number of pyridine rings is 1. The second kappa shape index (κ2) is 8.82. The average Bonchev–Trinajstić information content (AvgIpc) is 3.03. The molecule has 0 aliphatic carbocycles. The number of fused-ring (bicyclic) bond motifs is 3. The van der Waals surface area contributed by atoms with E-state index in [4.69, 9.17) is 9.72 Å². The maximum absolute atomic E-state index is 13.3. The van der Waals surface area contributed by atoms with Crippen molar-refractivity contribution in [1.29, 1.82) is 0 Å². The maximum atomic E-state index is 13.3. The lowest BCUT2D eigenvalue weighted by Gasteiger charge is -2.29. The summed E-state index contributed by atoms with van der Waals surface area (Å²) in [5.41, 5.74) is 2.65. The summed E-state index contributed by atoms with van der Waals surface area (Å²) in [5, 5.41) is 22.4. The zero-order valence-electron chi connectivity index (χ0n) is 19.9. The van der Waals surface area contributed by atoms with Gasteiger partial charge in [-0.15, -0.1) is 5.10 Å². The third-order valence-corrected chi connectivity index (χ3v) is 7.00. The van der Waals surface area contributed by atoms with E-state index < -0.39 is 23.5 Å². The van der Waals surface area contributed by atoms with Gasteiger partial charge in [-0.3, -0.25) is 0 Å². The van der Waals surface area contributed by atoms with Gasteiger partial charge in [0.1, 0.15) is 5.75 Å². The molecule has 2 aromatic heterocycles. The van der Waals surface area contributed by atoms with Gasteiger partial charge < -0.3 is 20.1 Å². The molecule has 0 amide bonds. The first-order valence-corrected chi connectivity index (χ1v) is 11.8. The number of phenols is 1. The minimum absolute atomic E-state index is 0.287. The van der Waals surface area contributed by atoms with Gasteiger partial charge in [0.2, 0.25) is 0 Å². The quantitative estimate of drug-likeness (QED) is 0.526. The van der Waals surface area contributed by atoms with E-state index in [1.165, 1.54) is 6.07 Å². The fraction of sp³-hybridized carbons (Fsp3) is 0.480. The number of benzene rings is 1. The van der Waals surface area contributed by atoms with Crippen LogP contribution >= 0.6 is 0 Å². The lowest BCUT2D eigenvalue weighted by atomic mass is 10.0. The van der Waals surface area contributed by atoms with Crippen LogP contribution in [0.2, 0.25) is 0 Å². The van der Waals surface area contributed by atoms with Crippen LogP contribution in [0.15, 0.2) is 24.3 Å². The summed E-state index contributed by atoms with van der Waals surface area (Å²) < 4.78 is 45.6. The van der Waals surface area contributed by atoms with Crippen LogP contribution in [-0.4, -0.2) is 46.1 Å². The number of nitrogens with one attached hydrogen (secondary N) is 1. The molecule has 186 valence electrons. The number of anilines is 2. The van der Waals surface area contributed by atoms with E-state index in [0.717, 1.165) is 48.8 Å². The number of aromatic hydroxyl groups is 1. The van der Waals surface area contributed by atoms with E-state index in [9.17, 15) is 18.3 Å². The van der Waals surface area contributed by atoms with Crippen LogP contribution in [0.5, 0.6) is 5.75 Å². The van der Waals surface area contributed by atoms with E-state index in [1.54, 1.807) is 6.92 Å². The third kappa shape index (κ3) is 4.59. The number of nitrogens with zero attached hydrogens (tertiary/aromatic N) is 4. The Hall–Kier alpha value is -3.14. The molecule has 0 saturated carbocycles. The van der Waals surface area contributed by atoms with Gasteiger partial charge in [0.05, 0.1) is 46.8 Å². The SMILES string of the molecule is Cc1nc2c(C)nnc(N[C@H](C)c3cc(O)cc(C(F)(F)F)c3)c2cc1N1CC2CCOCC1C2. The fourth-order valence-electron chi connectivity index (χ4n) is 5.16. The van der Waals surface area contributed by atoms with E-state index in [-0.39, 0.29) is 5.56 Å². The van der Waals surface area contributed by atoms with Crippen LogP contribution in [-0.2, 0) is 10.9 Å². The number of hydrogen-bond donors (Lipinski definition) is 2. The minimum Gasteiger partial charge on any atom is -0.508 e. The Labute approximate surface area is 201 Å². The van der Waals surface area contributed by atoms with Gasteiger partial charge in [-0.1, -0.05) is 0 Å². The molecule has 2 unspecified atom stereocenters. The zero-order chi connectivity index (χ0) is 24.9. The summed E-state index contributed by atoms with van der Waals surface area (Å²) in [6.45, 7) is 7.96. The van der Waals surface area contributed by atoms with Gasteiger partial charge in [0.25, 0.3) is 0 Å². The predicted molar refractivity (Wildman–Crippen MR) is 127 cm³/mol. The normalized spacial score (nSPS) is 21.3. The summed E-state index contributed by atoms with van der Waals surface area (Å²) >= 11 is 0. The Morgan fingerprint density at radius 1 is 1.14 bits per heavy atom. The first-order valence-electron chi connectivity index (χ1n) is 11.8. The number of hydrogen-bond acceptors (Lipinski definition) is 7. The Bertz CT molecular complexity index is 1270. The molecule has 3 aromatic rings. The summed E-state index contributed by atoms with van der Waals surface area (Å²) in [4.78, 5) is 7.21. The second-order valence-corrected chi connectivity index (χ2v) is 9.57. The average molecular weight is 488 g/mol. The Kier molecular flexibility index (Phi) is 5.94. The van der Waals surface area contributed by atoms with Crippen LogP contribution < -0.4 is 10.2 Å². The molecule has 7 nitrogen and oxygen atoms in total. The molecule has 2 aliphatic rings. The van der Waals surface area contributed by atoms with Gasteiger partial charge in [0.15, 0.2) is 5.82 Å². The van der Waals surface area contributed by atoms with Crippen molar-refractivity contribution in [3.05, 3.63) is 46.8 Å². The summed E-state index contributed by atoms with van der Waals surface area (Å²) in [5.74, 6) is 0.571. The van der Waals surface area contributed by atoms with Crippen molar-refractivity contribution < 1.29 is 23.0 Å². The molecule has 2 saturated heterocycles. The molecule has 35 heavy (non-hydrogen) atoms. The summed E-state index contributed by atoms with van der Waals surface area (Å²) in [7, 11) is 0. The molecule has 0 spiro atoms. The van der Waals surface area contributed by atoms with Gasteiger partial charge in [0, 0.05) is 18.5 Å². The lowest BCUT2D eigenvalue weighted by Crippen LogP contribution is -2.34. The summed E-state index contributed by atoms with van der Waals surface area (Å²) in [6, 6.07) is 4.83. The van der Waals surface area contributed by atoms with E-state index in [0.29, 0.717) is 41.7 Å². The highest BCUT2D eigenvalue weighted by Gasteiger charge is 2.35. The zero-order valence-corrected chi connectivity index (χ0v) is 19.9. The van der Waals surface area contributed by atoms with E-state index in [1.807, 2.05) is 13.8 Å². The topological polar surface area (TPSA) is 83.4 Å². The van der Waals surface area contributed by atoms with Crippen molar-refractivity contribution in [1.82, 2.24) is 15.2 Å².